The fraction of sp³-hybridized carbons (Fsp3) is 0. The van der Waals surface area contributed by atoms with E-state index < -0.39 is 17.5 Å². The average molecular weight is 383 g/mol. The van der Waals surface area contributed by atoms with E-state index in [1.54, 1.807) is 0 Å². The van der Waals surface area contributed by atoms with Gasteiger partial charge in [-0.3, -0.25) is 0 Å². The Balaban J connectivity index is 0.00000121. The molecule has 0 saturated carbocycles. The van der Waals surface area contributed by atoms with Crippen LogP contribution in [0.15, 0.2) is 18.2 Å². The summed E-state index contributed by atoms with van der Waals surface area (Å²) in [5.41, 5.74) is -0.135. The largest absolute Gasteiger partial charge is 0.505 e. The number of hydrogen-bond donors (Lipinski definition) is 2. The van der Waals surface area contributed by atoms with Gasteiger partial charge in [0, 0.05) is 44.1 Å². The number of carbonyl (C=O) groups is 1. The topological polar surface area (TPSA) is 57.5 Å². The van der Waals surface area contributed by atoms with Crippen molar-refractivity contribution in [2.24, 2.45) is 0 Å². The predicted octanol–water partition coefficient (Wildman–Crippen LogP) is 1.23. The van der Waals surface area contributed by atoms with Crippen molar-refractivity contribution < 1.29 is 63.5 Å². The Labute approximate surface area is 104 Å². The van der Waals surface area contributed by atoms with E-state index in [0.717, 1.165) is 18.2 Å². The Morgan fingerprint density at radius 1 is 1.42 bits per heavy atom. The van der Waals surface area contributed by atoms with E-state index in [1.165, 1.54) is 0 Å². The third kappa shape index (κ3) is 2.72. The number of phenols is 1. The van der Waals surface area contributed by atoms with Gasteiger partial charge in [0.05, 0.1) is 5.56 Å². The molecule has 12 heavy (non-hydrogen) atoms. The summed E-state index contributed by atoms with van der Waals surface area (Å²) >= 11 is 0. The zero-order chi connectivity index (χ0) is 8.43. The molecule has 3 nitrogen and oxygen atoms in total. The molecule has 1 radical (unpaired) electrons. The maximum Gasteiger partial charge on any atom is 0.335 e. The average Bonchev–Trinajstić information content (AvgIpc) is 1.94. The molecule has 0 fully saturated rings. The second-order valence-electron chi connectivity index (χ2n) is 1.97. The van der Waals surface area contributed by atoms with Crippen LogP contribution in [-0.4, -0.2) is 16.2 Å². The van der Waals surface area contributed by atoms with Gasteiger partial charge in [0.1, 0.15) is 0 Å². The number of aromatic carboxylic acids is 1. The van der Waals surface area contributed by atoms with Crippen LogP contribution in [0.1, 0.15) is 10.4 Å². The molecule has 0 aliphatic heterocycles. The Hall–Kier alpha value is -0.138. The van der Waals surface area contributed by atoms with Gasteiger partial charge in [0.25, 0.3) is 0 Å². The molecule has 0 aliphatic carbocycles. The zero-order valence-corrected chi connectivity index (χ0v) is 10.7. The van der Waals surface area contributed by atoms with Gasteiger partial charge in [0.15, 0.2) is 11.6 Å². The first-order chi connectivity index (χ1) is 5.11. The van der Waals surface area contributed by atoms with E-state index >= 15 is 0 Å². The normalized spacial score (nSPS) is 8.75. The van der Waals surface area contributed by atoms with E-state index in [2.05, 4.69) is 0 Å². The fourth-order valence-electron chi connectivity index (χ4n) is 0.646. The first-order valence-electron chi connectivity index (χ1n) is 2.83. The number of rotatable bonds is 1. The summed E-state index contributed by atoms with van der Waals surface area (Å²) in [6, 6.07) is 2.84. The molecule has 61 valence electrons. The SMILES string of the molecule is O=C(O)c1ccc(F)c(O)c1.[Ac]. The molecule has 0 unspecified atom stereocenters. The Morgan fingerprint density at radius 3 is 2.42 bits per heavy atom. The van der Waals surface area contributed by atoms with Crippen molar-refractivity contribution in [3.05, 3.63) is 29.6 Å². The standard InChI is InChI=1S/C7H5FO3.Ac/c8-5-2-1-4(7(10)11)3-6(5)9;/h1-3,9H,(H,10,11);. The van der Waals surface area contributed by atoms with Crippen LogP contribution in [0.5, 0.6) is 5.75 Å². The molecule has 1 aromatic rings. The fourth-order valence-corrected chi connectivity index (χ4v) is 0.646. The smallest absolute Gasteiger partial charge is 0.335 e. The minimum Gasteiger partial charge on any atom is -0.505 e. The minimum absolute atomic E-state index is 0. The van der Waals surface area contributed by atoms with Crippen LogP contribution in [0.2, 0.25) is 0 Å². The van der Waals surface area contributed by atoms with Gasteiger partial charge in [0.2, 0.25) is 0 Å². The first kappa shape index (κ1) is 11.9. The number of hydrogen-bond acceptors (Lipinski definition) is 2. The number of carboxylic acids is 1. The van der Waals surface area contributed by atoms with Gasteiger partial charge in [-0.15, -0.1) is 0 Å². The molecule has 0 amide bonds. The summed E-state index contributed by atoms with van der Waals surface area (Å²) in [5.74, 6) is -2.67. The van der Waals surface area contributed by atoms with E-state index in [1.807, 2.05) is 0 Å². The summed E-state index contributed by atoms with van der Waals surface area (Å²) in [6.07, 6.45) is 0. The summed E-state index contributed by atoms with van der Waals surface area (Å²) in [7, 11) is 0. The van der Waals surface area contributed by atoms with Crippen LogP contribution in [0.25, 0.3) is 0 Å². The minimum atomic E-state index is -1.19. The predicted molar refractivity (Wildman–Crippen MR) is 35.0 cm³/mol. The van der Waals surface area contributed by atoms with E-state index in [4.69, 9.17) is 10.2 Å². The Morgan fingerprint density at radius 2 is 2.00 bits per heavy atom. The Bertz CT molecular complexity index is 301. The van der Waals surface area contributed by atoms with Crippen molar-refractivity contribution in [3.8, 4) is 5.75 Å². The molecule has 0 heterocycles. The van der Waals surface area contributed by atoms with Crippen LogP contribution < -0.4 is 0 Å². The zero-order valence-electron chi connectivity index (χ0n) is 5.99. The van der Waals surface area contributed by atoms with Crippen molar-refractivity contribution in [3.63, 3.8) is 0 Å². The van der Waals surface area contributed by atoms with Crippen molar-refractivity contribution in [1.82, 2.24) is 0 Å². The van der Waals surface area contributed by atoms with E-state index in [-0.39, 0.29) is 49.6 Å². The third-order valence-corrected chi connectivity index (χ3v) is 1.19. The monoisotopic (exact) mass is 383 g/mol. The molecule has 2 N–H and O–H groups in total. The molecule has 0 spiro atoms. The molecular formula is C7H5AcFO3. The van der Waals surface area contributed by atoms with Crippen molar-refractivity contribution in [2.45, 2.75) is 0 Å². The molecule has 5 heteroatoms. The summed E-state index contributed by atoms with van der Waals surface area (Å²) in [4.78, 5) is 10.2. The molecule has 1 rings (SSSR count). The van der Waals surface area contributed by atoms with Gasteiger partial charge < -0.3 is 10.2 Å². The van der Waals surface area contributed by atoms with Gasteiger partial charge in [-0.25, -0.2) is 9.18 Å². The maximum atomic E-state index is 12.3. The second-order valence-corrected chi connectivity index (χ2v) is 1.97. The second kappa shape index (κ2) is 4.78. The van der Waals surface area contributed by atoms with Crippen LogP contribution >= 0.6 is 0 Å². The molecule has 0 aromatic heterocycles. The van der Waals surface area contributed by atoms with Crippen molar-refractivity contribution in [1.29, 1.82) is 0 Å². The number of carboxylic acid groups (broad SMARTS) is 1. The van der Waals surface area contributed by atoms with Gasteiger partial charge in [-0.1, -0.05) is 0 Å². The van der Waals surface area contributed by atoms with Crippen molar-refractivity contribution >= 4 is 5.97 Å². The number of phenolic OH excluding ortho intramolecular Hbond substituents is 1. The van der Waals surface area contributed by atoms with Crippen LogP contribution in [0, 0.1) is 49.9 Å². The molecule has 0 aliphatic rings. The molecular weight excluding hydrogens is 378 g/mol. The summed E-state index contributed by atoms with van der Waals surface area (Å²) in [6.45, 7) is 0. The summed E-state index contributed by atoms with van der Waals surface area (Å²) < 4.78 is 12.3. The van der Waals surface area contributed by atoms with Gasteiger partial charge in [-0.2, -0.15) is 0 Å². The van der Waals surface area contributed by atoms with Crippen molar-refractivity contribution in [2.75, 3.05) is 0 Å². The summed E-state index contributed by atoms with van der Waals surface area (Å²) in [5, 5.41) is 17.1. The van der Waals surface area contributed by atoms with Gasteiger partial charge >= 0.3 is 5.97 Å². The number of halogens is 1. The molecule has 1 aromatic carbocycles. The van der Waals surface area contributed by atoms with E-state index in [9.17, 15) is 9.18 Å². The Kier molecular flexibility index (Phi) is 4.73. The maximum absolute atomic E-state index is 12.3. The number of benzene rings is 1. The quantitative estimate of drug-likeness (QED) is 0.767. The van der Waals surface area contributed by atoms with Crippen LogP contribution in [-0.2, 0) is 0 Å². The van der Waals surface area contributed by atoms with Crippen LogP contribution in [0.3, 0.4) is 0 Å². The first-order valence-corrected chi connectivity index (χ1v) is 2.83. The third-order valence-electron chi connectivity index (χ3n) is 1.19. The molecule has 0 saturated heterocycles. The van der Waals surface area contributed by atoms with E-state index in [0.29, 0.717) is 0 Å². The molecule has 0 bridgehead atoms. The molecule has 0 atom stereocenters. The van der Waals surface area contributed by atoms with Crippen LogP contribution in [0.4, 0.5) is 4.39 Å². The number of aromatic hydroxyl groups is 1. The van der Waals surface area contributed by atoms with Gasteiger partial charge in [-0.05, 0) is 18.2 Å².